The van der Waals surface area contributed by atoms with Crippen molar-refractivity contribution in [1.29, 1.82) is 0 Å². The van der Waals surface area contributed by atoms with Crippen LogP contribution in [0.15, 0.2) is 6.20 Å². The molecule has 3 heterocycles. The summed E-state index contributed by atoms with van der Waals surface area (Å²) in [4.78, 5) is 0.848. The fourth-order valence-electron chi connectivity index (χ4n) is 2.30. The van der Waals surface area contributed by atoms with E-state index in [0.717, 1.165) is 21.5 Å². The molecule has 0 atom stereocenters. The van der Waals surface area contributed by atoms with Crippen LogP contribution in [0, 0.1) is 0 Å². The summed E-state index contributed by atoms with van der Waals surface area (Å²) in [5.74, 6) is 1.52. The molecule has 2 N–H and O–H groups in total. The van der Waals surface area contributed by atoms with Gasteiger partial charge in [-0.1, -0.05) is 23.0 Å². The standard InChI is InChI=1S/C11H14N8S/c12-4-8-5-18(17-13-8)6-9-16-19-10(7-2-1-3-7)14-15-11(19)20-9/h5,7H,1-4,6,12H2. The first kappa shape index (κ1) is 11.9. The van der Waals surface area contributed by atoms with Crippen LogP contribution in [0.4, 0.5) is 0 Å². The van der Waals surface area contributed by atoms with Gasteiger partial charge in [0.2, 0.25) is 4.96 Å². The van der Waals surface area contributed by atoms with Gasteiger partial charge < -0.3 is 5.73 Å². The normalized spacial score (nSPS) is 15.8. The van der Waals surface area contributed by atoms with Gasteiger partial charge in [-0.05, 0) is 12.8 Å². The Kier molecular flexibility index (Phi) is 2.74. The van der Waals surface area contributed by atoms with Crippen LogP contribution in [0.5, 0.6) is 0 Å². The Morgan fingerprint density at radius 1 is 1.30 bits per heavy atom. The van der Waals surface area contributed by atoms with E-state index >= 15 is 0 Å². The third-order valence-electron chi connectivity index (χ3n) is 3.62. The van der Waals surface area contributed by atoms with Crippen molar-refractivity contribution in [2.24, 2.45) is 5.73 Å². The summed E-state index contributed by atoms with van der Waals surface area (Å²) in [5, 5.41) is 22.0. The minimum Gasteiger partial charge on any atom is -0.325 e. The van der Waals surface area contributed by atoms with Crippen LogP contribution in [-0.2, 0) is 13.1 Å². The molecule has 0 unspecified atom stereocenters. The Hall–Kier alpha value is -1.87. The SMILES string of the molecule is NCc1cn(Cc2nn3c(C4CCC4)nnc3s2)nn1. The third-order valence-corrected chi connectivity index (χ3v) is 4.50. The van der Waals surface area contributed by atoms with Crippen molar-refractivity contribution in [3.8, 4) is 0 Å². The summed E-state index contributed by atoms with van der Waals surface area (Å²) in [5.41, 5.74) is 6.31. The maximum atomic E-state index is 5.52. The second-order valence-corrected chi connectivity index (χ2v) is 6.03. The number of hydrogen-bond acceptors (Lipinski definition) is 7. The lowest BCUT2D eigenvalue weighted by molar-refractivity contribution is 0.394. The van der Waals surface area contributed by atoms with Gasteiger partial charge in [-0.25, -0.2) is 4.68 Å². The highest BCUT2D eigenvalue weighted by Crippen LogP contribution is 2.35. The van der Waals surface area contributed by atoms with Crippen LogP contribution >= 0.6 is 11.3 Å². The number of nitrogens with zero attached hydrogens (tertiary/aromatic N) is 7. The lowest BCUT2D eigenvalue weighted by Crippen LogP contribution is -2.13. The van der Waals surface area contributed by atoms with Gasteiger partial charge in [-0.15, -0.1) is 15.3 Å². The molecular formula is C11H14N8S. The van der Waals surface area contributed by atoms with Crippen molar-refractivity contribution in [3.63, 3.8) is 0 Å². The fourth-order valence-corrected chi connectivity index (χ4v) is 3.14. The van der Waals surface area contributed by atoms with Gasteiger partial charge >= 0.3 is 0 Å². The Bertz CT molecular complexity index is 737. The number of fused-ring (bicyclic) bond motifs is 1. The lowest BCUT2D eigenvalue weighted by atomic mass is 9.85. The van der Waals surface area contributed by atoms with Crippen molar-refractivity contribution < 1.29 is 0 Å². The van der Waals surface area contributed by atoms with Crippen molar-refractivity contribution in [2.45, 2.75) is 38.3 Å². The van der Waals surface area contributed by atoms with Crippen LogP contribution in [0.25, 0.3) is 4.96 Å². The molecule has 1 saturated carbocycles. The first-order valence-corrected chi connectivity index (χ1v) is 7.45. The highest BCUT2D eigenvalue weighted by atomic mass is 32.1. The van der Waals surface area contributed by atoms with Crippen molar-refractivity contribution in [3.05, 3.63) is 22.7 Å². The molecule has 0 aliphatic heterocycles. The third kappa shape index (κ3) is 1.90. The molecule has 4 rings (SSSR count). The topological polar surface area (TPSA) is 99.8 Å². The van der Waals surface area contributed by atoms with E-state index in [0.29, 0.717) is 19.0 Å². The minimum absolute atomic E-state index is 0.400. The van der Waals surface area contributed by atoms with E-state index in [9.17, 15) is 0 Å². The van der Waals surface area contributed by atoms with Gasteiger partial charge in [0.15, 0.2) is 5.82 Å². The van der Waals surface area contributed by atoms with Crippen LogP contribution in [-0.4, -0.2) is 34.8 Å². The molecule has 1 fully saturated rings. The fraction of sp³-hybridized carbons (Fsp3) is 0.545. The van der Waals surface area contributed by atoms with Gasteiger partial charge in [0.05, 0.1) is 18.4 Å². The minimum atomic E-state index is 0.400. The zero-order chi connectivity index (χ0) is 13.5. The summed E-state index contributed by atoms with van der Waals surface area (Å²) in [7, 11) is 0. The Morgan fingerprint density at radius 3 is 2.90 bits per heavy atom. The molecule has 0 aromatic carbocycles. The molecule has 1 aliphatic carbocycles. The number of rotatable bonds is 4. The van der Waals surface area contributed by atoms with Crippen LogP contribution in [0.3, 0.4) is 0 Å². The monoisotopic (exact) mass is 290 g/mol. The van der Waals surface area contributed by atoms with Crippen LogP contribution in [0.2, 0.25) is 0 Å². The average molecular weight is 290 g/mol. The smallest absolute Gasteiger partial charge is 0.234 e. The molecule has 20 heavy (non-hydrogen) atoms. The number of nitrogens with two attached hydrogens (primary N) is 1. The summed E-state index contributed by atoms with van der Waals surface area (Å²) < 4.78 is 3.63. The van der Waals surface area contributed by atoms with E-state index < -0.39 is 0 Å². The summed E-state index contributed by atoms with van der Waals surface area (Å²) in [6.45, 7) is 0.988. The molecule has 3 aromatic heterocycles. The average Bonchev–Trinajstić information content (AvgIpc) is 3.05. The first-order valence-electron chi connectivity index (χ1n) is 6.63. The number of aromatic nitrogens is 7. The van der Waals surface area contributed by atoms with E-state index in [1.54, 1.807) is 16.0 Å². The van der Waals surface area contributed by atoms with E-state index in [-0.39, 0.29) is 0 Å². The van der Waals surface area contributed by atoms with E-state index in [1.165, 1.54) is 19.3 Å². The van der Waals surface area contributed by atoms with Gasteiger partial charge in [-0.3, -0.25) is 0 Å². The maximum absolute atomic E-state index is 5.52. The second-order valence-electron chi connectivity index (χ2n) is 4.99. The van der Waals surface area contributed by atoms with Gasteiger partial charge in [0.25, 0.3) is 0 Å². The molecule has 3 aromatic rings. The van der Waals surface area contributed by atoms with Crippen LogP contribution in [0.1, 0.15) is 41.7 Å². The summed E-state index contributed by atoms with van der Waals surface area (Å²) >= 11 is 1.54. The van der Waals surface area contributed by atoms with E-state index in [2.05, 4.69) is 25.6 Å². The van der Waals surface area contributed by atoms with Gasteiger partial charge in [0.1, 0.15) is 5.01 Å². The molecular weight excluding hydrogens is 276 g/mol. The quantitative estimate of drug-likeness (QED) is 0.753. The molecule has 8 nitrogen and oxygen atoms in total. The molecule has 0 saturated heterocycles. The van der Waals surface area contributed by atoms with Crippen molar-refractivity contribution in [1.82, 2.24) is 34.8 Å². The molecule has 0 radical (unpaired) electrons. The number of hydrogen-bond donors (Lipinski definition) is 1. The van der Waals surface area contributed by atoms with Gasteiger partial charge in [0, 0.05) is 12.5 Å². The Balaban J connectivity index is 1.61. The predicted octanol–water partition coefficient (Wildman–Crippen LogP) is 0.552. The van der Waals surface area contributed by atoms with Crippen molar-refractivity contribution in [2.75, 3.05) is 0 Å². The maximum Gasteiger partial charge on any atom is 0.234 e. The largest absolute Gasteiger partial charge is 0.325 e. The Labute approximate surface area is 118 Å². The zero-order valence-corrected chi connectivity index (χ0v) is 11.6. The molecule has 0 amide bonds. The zero-order valence-electron chi connectivity index (χ0n) is 10.8. The van der Waals surface area contributed by atoms with Crippen molar-refractivity contribution >= 4 is 16.3 Å². The summed E-state index contributed by atoms with van der Waals surface area (Å²) in [6, 6.07) is 0. The second kappa shape index (κ2) is 4.60. The van der Waals surface area contributed by atoms with Crippen LogP contribution < -0.4 is 5.73 Å². The molecule has 0 bridgehead atoms. The molecule has 0 spiro atoms. The van der Waals surface area contributed by atoms with E-state index in [1.807, 2.05) is 10.7 Å². The first-order chi connectivity index (χ1) is 9.83. The van der Waals surface area contributed by atoms with Gasteiger partial charge in [-0.2, -0.15) is 9.61 Å². The Morgan fingerprint density at radius 2 is 2.20 bits per heavy atom. The summed E-state index contributed by atoms with van der Waals surface area (Å²) in [6.07, 6.45) is 5.50. The predicted molar refractivity (Wildman–Crippen MR) is 72.3 cm³/mol. The lowest BCUT2D eigenvalue weighted by Gasteiger charge is -2.22. The highest BCUT2D eigenvalue weighted by Gasteiger charge is 2.26. The molecule has 104 valence electrons. The van der Waals surface area contributed by atoms with E-state index in [4.69, 9.17) is 5.73 Å². The highest BCUT2D eigenvalue weighted by molar-refractivity contribution is 7.16. The molecule has 1 aliphatic rings. The molecule has 9 heteroatoms.